The Hall–Kier alpha value is -0.0800. The topological polar surface area (TPSA) is 21.8 Å². The number of hydrogen-bond donors (Lipinski definition) is 0. The van der Waals surface area contributed by atoms with Crippen LogP contribution in [0, 0.1) is 45.8 Å². The van der Waals surface area contributed by atoms with Crippen molar-refractivity contribution in [1.82, 2.24) is 0 Å². The average molecular weight is 403 g/mol. The molecule has 0 aromatic carbocycles. The highest BCUT2D eigenvalue weighted by molar-refractivity contribution is 5.15. The Morgan fingerprint density at radius 2 is 1.66 bits per heavy atom. The highest BCUT2D eigenvalue weighted by atomic mass is 16.6. The predicted octanol–water partition coefficient (Wildman–Crippen LogP) is 6.87. The van der Waals surface area contributed by atoms with Crippen LogP contribution in [0.3, 0.4) is 0 Å². The highest BCUT2D eigenvalue weighted by Gasteiger charge is 2.66. The van der Waals surface area contributed by atoms with Gasteiger partial charge in [-0.2, -0.15) is 0 Å². The van der Waals surface area contributed by atoms with E-state index in [0.29, 0.717) is 22.3 Å². The molecule has 0 aromatic heterocycles. The van der Waals surface area contributed by atoms with Crippen molar-refractivity contribution in [3.05, 3.63) is 0 Å². The summed E-state index contributed by atoms with van der Waals surface area (Å²) in [4.78, 5) is 0. The minimum Gasteiger partial charge on any atom is -0.379 e. The molecule has 2 heteroatoms. The van der Waals surface area contributed by atoms with E-state index in [4.69, 9.17) is 9.47 Å². The van der Waals surface area contributed by atoms with Crippen molar-refractivity contribution >= 4 is 0 Å². The summed E-state index contributed by atoms with van der Waals surface area (Å²) in [7, 11) is 0. The smallest absolute Gasteiger partial charge is 0.0921 e. The van der Waals surface area contributed by atoms with Crippen LogP contribution in [0.1, 0.15) is 99.3 Å². The van der Waals surface area contributed by atoms with Gasteiger partial charge in [-0.15, -0.1) is 0 Å². The molecule has 1 heterocycles. The van der Waals surface area contributed by atoms with E-state index < -0.39 is 0 Å². The largest absolute Gasteiger partial charge is 0.379 e. The summed E-state index contributed by atoms with van der Waals surface area (Å²) in [5.41, 5.74) is 1.83. The fraction of sp³-hybridized carbons (Fsp3) is 1.00. The van der Waals surface area contributed by atoms with Crippen molar-refractivity contribution in [3.8, 4) is 0 Å². The third-order valence-electron chi connectivity index (χ3n) is 11.5. The van der Waals surface area contributed by atoms with Gasteiger partial charge in [-0.3, -0.25) is 0 Å². The van der Waals surface area contributed by atoms with Gasteiger partial charge in [-0.05, 0) is 124 Å². The molecule has 0 aromatic rings. The van der Waals surface area contributed by atoms with Gasteiger partial charge in [-0.1, -0.05) is 20.8 Å². The Morgan fingerprint density at radius 3 is 2.34 bits per heavy atom. The van der Waals surface area contributed by atoms with E-state index in [0.717, 1.165) is 42.8 Å². The van der Waals surface area contributed by atoms with Gasteiger partial charge >= 0.3 is 0 Å². The van der Waals surface area contributed by atoms with Gasteiger partial charge in [0.15, 0.2) is 0 Å². The molecule has 166 valence electrons. The Morgan fingerprint density at radius 1 is 0.897 bits per heavy atom. The first-order valence-corrected chi connectivity index (χ1v) is 12.9. The molecule has 1 saturated heterocycles. The summed E-state index contributed by atoms with van der Waals surface area (Å²) in [6.07, 6.45) is 13.3. The molecular weight excluding hydrogens is 356 g/mol. The van der Waals surface area contributed by atoms with Gasteiger partial charge in [0, 0.05) is 6.61 Å². The van der Waals surface area contributed by atoms with Crippen molar-refractivity contribution in [1.29, 1.82) is 0 Å². The minimum absolute atomic E-state index is 0.220. The van der Waals surface area contributed by atoms with E-state index >= 15 is 0 Å². The first-order chi connectivity index (χ1) is 13.6. The lowest BCUT2D eigenvalue weighted by Gasteiger charge is -2.65. The molecule has 4 saturated carbocycles. The lowest BCUT2D eigenvalue weighted by Crippen LogP contribution is -2.58. The number of fused-ring (bicyclic) bond motifs is 5. The molecule has 2 nitrogen and oxygen atoms in total. The third-order valence-corrected chi connectivity index (χ3v) is 11.5. The summed E-state index contributed by atoms with van der Waals surface area (Å²) in [6.45, 7) is 16.8. The molecule has 5 aliphatic rings. The molecule has 0 spiro atoms. The maximum atomic E-state index is 6.05. The molecule has 9 atom stereocenters. The molecule has 4 aliphatic carbocycles. The molecule has 3 unspecified atom stereocenters. The fourth-order valence-corrected chi connectivity index (χ4v) is 9.55. The number of rotatable bonds is 4. The Labute approximate surface area is 179 Å². The maximum absolute atomic E-state index is 6.05. The van der Waals surface area contributed by atoms with Crippen molar-refractivity contribution < 1.29 is 9.47 Å². The second-order valence-electron chi connectivity index (χ2n) is 13.2. The highest BCUT2D eigenvalue weighted by Crippen LogP contribution is 2.72. The maximum Gasteiger partial charge on any atom is 0.0921 e. The SMILES string of the molecule is CC(C)OC[C@H]1CC[C@]2(C)C3CC[C@@]4(C)C(CC[C@@H]4C4(C)CO4)[C@@H]3CC[C@]2(C)C1. The lowest BCUT2D eigenvalue weighted by molar-refractivity contribution is -0.168. The zero-order valence-corrected chi connectivity index (χ0v) is 20.1. The van der Waals surface area contributed by atoms with E-state index in [-0.39, 0.29) is 5.60 Å². The van der Waals surface area contributed by atoms with Crippen molar-refractivity contribution in [2.24, 2.45) is 45.8 Å². The van der Waals surface area contributed by atoms with E-state index in [2.05, 4.69) is 41.5 Å². The molecule has 0 radical (unpaired) electrons. The number of ether oxygens (including phenoxy) is 2. The summed E-state index contributed by atoms with van der Waals surface area (Å²) >= 11 is 0. The van der Waals surface area contributed by atoms with Crippen molar-refractivity contribution in [2.45, 2.75) is 111 Å². The molecule has 0 bridgehead atoms. The monoisotopic (exact) mass is 402 g/mol. The zero-order chi connectivity index (χ0) is 20.7. The fourth-order valence-electron chi connectivity index (χ4n) is 9.55. The van der Waals surface area contributed by atoms with Crippen molar-refractivity contribution in [2.75, 3.05) is 13.2 Å². The van der Waals surface area contributed by atoms with Gasteiger partial charge in [0.1, 0.15) is 0 Å². The lowest BCUT2D eigenvalue weighted by atomic mass is 9.39. The first kappa shape index (κ1) is 20.8. The standard InChI is InChI=1S/C27H46O2/c1-18(2)28-16-19-9-14-26(5)22-11-13-25(4)21(7-8-23(25)27(6)17-29-27)20(22)10-12-24(26,3)15-19/h18-23H,7-17H2,1-6H3/t19-,20-,21?,22?,23-,24+,25-,26+,27?/m0/s1. The third kappa shape index (κ3) is 3.01. The molecule has 5 fully saturated rings. The van der Waals surface area contributed by atoms with Gasteiger partial charge < -0.3 is 9.47 Å². The van der Waals surface area contributed by atoms with Gasteiger partial charge in [0.05, 0.1) is 18.3 Å². The van der Waals surface area contributed by atoms with E-state index in [1.54, 1.807) is 0 Å². The minimum atomic E-state index is 0.220. The summed E-state index contributed by atoms with van der Waals surface area (Å²) in [5.74, 6) is 4.48. The van der Waals surface area contributed by atoms with Gasteiger partial charge in [-0.25, -0.2) is 0 Å². The van der Waals surface area contributed by atoms with Crippen LogP contribution >= 0.6 is 0 Å². The normalized spacial score (nSPS) is 56.6. The van der Waals surface area contributed by atoms with Crippen LogP contribution in [0.4, 0.5) is 0 Å². The molecule has 0 amide bonds. The molecule has 5 rings (SSSR count). The van der Waals surface area contributed by atoms with Crippen LogP contribution in [0.15, 0.2) is 0 Å². The van der Waals surface area contributed by atoms with E-state index in [9.17, 15) is 0 Å². The summed E-state index contributed by atoms with van der Waals surface area (Å²) in [5, 5.41) is 0. The Kier molecular flexibility index (Phi) is 4.81. The predicted molar refractivity (Wildman–Crippen MR) is 119 cm³/mol. The second-order valence-corrected chi connectivity index (χ2v) is 13.2. The summed E-state index contributed by atoms with van der Waals surface area (Å²) in [6, 6.07) is 0. The first-order valence-electron chi connectivity index (χ1n) is 12.9. The van der Waals surface area contributed by atoms with Crippen LogP contribution in [-0.2, 0) is 9.47 Å². The van der Waals surface area contributed by atoms with Crippen LogP contribution < -0.4 is 0 Å². The van der Waals surface area contributed by atoms with Gasteiger partial charge in [0.2, 0.25) is 0 Å². The number of epoxide rings is 1. The Bertz CT molecular complexity index is 638. The Balaban J connectivity index is 1.35. The molecule has 29 heavy (non-hydrogen) atoms. The number of hydrogen-bond acceptors (Lipinski definition) is 2. The quantitative estimate of drug-likeness (QED) is 0.479. The summed E-state index contributed by atoms with van der Waals surface area (Å²) < 4.78 is 12.0. The van der Waals surface area contributed by atoms with Crippen LogP contribution in [-0.4, -0.2) is 24.9 Å². The second kappa shape index (κ2) is 6.71. The van der Waals surface area contributed by atoms with E-state index in [1.807, 2.05) is 0 Å². The van der Waals surface area contributed by atoms with Crippen LogP contribution in [0.25, 0.3) is 0 Å². The zero-order valence-electron chi connectivity index (χ0n) is 20.1. The molecule has 1 aliphatic heterocycles. The van der Waals surface area contributed by atoms with Crippen LogP contribution in [0.5, 0.6) is 0 Å². The molecule has 0 N–H and O–H groups in total. The molecular formula is C27H46O2. The van der Waals surface area contributed by atoms with Gasteiger partial charge in [0.25, 0.3) is 0 Å². The van der Waals surface area contributed by atoms with Crippen LogP contribution in [0.2, 0.25) is 0 Å². The average Bonchev–Trinajstić information content (AvgIpc) is 3.29. The van der Waals surface area contributed by atoms with E-state index in [1.165, 1.54) is 57.8 Å². The van der Waals surface area contributed by atoms with Crippen molar-refractivity contribution in [3.63, 3.8) is 0 Å².